The molecule has 0 aliphatic carbocycles. The summed E-state index contributed by atoms with van der Waals surface area (Å²) in [6, 6.07) is 22.5. The highest BCUT2D eigenvalue weighted by Crippen LogP contribution is 2.39. The van der Waals surface area contributed by atoms with E-state index in [1.54, 1.807) is 4.68 Å². The van der Waals surface area contributed by atoms with Crippen LogP contribution in [0.2, 0.25) is 5.02 Å². The lowest BCUT2D eigenvalue weighted by atomic mass is 9.94. The van der Waals surface area contributed by atoms with Crippen molar-refractivity contribution in [3.05, 3.63) is 112 Å². The first kappa shape index (κ1) is 25.4. The van der Waals surface area contributed by atoms with Crippen molar-refractivity contribution in [1.29, 1.82) is 0 Å². The number of amides is 1. The molecule has 0 spiro atoms. The van der Waals surface area contributed by atoms with Crippen molar-refractivity contribution >= 4 is 23.5 Å². The lowest BCUT2D eigenvalue weighted by Crippen LogP contribution is -2.34. The summed E-state index contributed by atoms with van der Waals surface area (Å²) in [7, 11) is 0. The van der Waals surface area contributed by atoms with Crippen molar-refractivity contribution in [1.82, 2.24) is 20.1 Å². The van der Waals surface area contributed by atoms with Crippen LogP contribution in [0, 0.1) is 0 Å². The van der Waals surface area contributed by atoms with E-state index in [4.69, 9.17) is 21.1 Å². The summed E-state index contributed by atoms with van der Waals surface area (Å²) in [5.41, 5.74) is 4.09. The van der Waals surface area contributed by atoms with E-state index in [2.05, 4.69) is 20.7 Å². The van der Waals surface area contributed by atoms with Gasteiger partial charge in [-0.25, -0.2) is 4.68 Å². The number of anilines is 1. The Kier molecular flexibility index (Phi) is 7.60. The molecule has 0 bridgehead atoms. The number of benzene rings is 3. The van der Waals surface area contributed by atoms with Gasteiger partial charge in [-0.15, -0.1) is 0 Å². The second kappa shape index (κ2) is 11.4. The molecule has 1 aliphatic heterocycles. The largest absolute Gasteiger partial charge is 0.490 e. The highest BCUT2D eigenvalue weighted by atomic mass is 35.5. The van der Waals surface area contributed by atoms with Gasteiger partial charge in [-0.1, -0.05) is 60.1 Å². The first-order chi connectivity index (χ1) is 18.5. The molecule has 0 saturated carbocycles. The molecule has 2 N–H and O–H groups in total. The molecule has 4 aromatic rings. The zero-order valence-corrected chi connectivity index (χ0v) is 21.9. The highest BCUT2D eigenvalue weighted by Gasteiger charge is 2.34. The fourth-order valence-corrected chi connectivity index (χ4v) is 4.52. The minimum atomic E-state index is -0.506. The summed E-state index contributed by atoms with van der Waals surface area (Å²) in [6.07, 6.45) is 1.47. The Bertz CT molecular complexity index is 1450. The van der Waals surface area contributed by atoms with Crippen LogP contribution in [0.1, 0.15) is 36.6 Å². The van der Waals surface area contributed by atoms with Crippen LogP contribution < -0.4 is 20.1 Å². The van der Waals surface area contributed by atoms with Crippen molar-refractivity contribution < 1.29 is 14.3 Å². The lowest BCUT2D eigenvalue weighted by molar-refractivity contribution is -0.118. The van der Waals surface area contributed by atoms with E-state index in [1.807, 2.05) is 86.6 Å². The zero-order valence-electron chi connectivity index (χ0n) is 21.1. The molecule has 0 saturated heterocycles. The molecular formula is C29H28ClN5O3. The van der Waals surface area contributed by atoms with E-state index in [1.165, 1.54) is 6.33 Å². The first-order valence-corrected chi connectivity index (χ1v) is 12.7. The average Bonchev–Trinajstić information content (AvgIpc) is 3.40. The van der Waals surface area contributed by atoms with Gasteiger partial charge in [-0.3, -0.25) is 4.79 Å². The molecule has 1 amide bonds. The molecule has 8 nitrogen and oxygen atoms in total. The van der Waals surface area contributed by atoms with Crippen LogP contribution in [0.15, 0.2) is 90.4 Å². The number of fused-ring (bicyclic) bond motifs is 1. The summed E-state index contributed by atoms with van der Waals surface area (Å²) in [4.78, 5) is 17.8. The van der Waals surface area contributed by atoms with E-state index in [0.717, 1.165) is 16.7 Å². The number of allylic oxidation sites excluding steroid dienone is 1. The molecule has 1 atom stereocenters. The molecule has 3 aromatic carbocycles. The Labute approximate surface area is 226 Å². The number of carbonyl (C=O) groups excluding carboxylic acids is 1. The third kappa shape index (κ3) is 5.50. The van der Waals surface area contributed by atoms with Crippen molar-refractivity contribution in [2.75, 3.05) is 11.9 Å². The van der Waals surface area contributed by atoms with Gasteiger partial charge in [0.25, 0.3) is 5.91 Å². The number of aromatic nitrogens is 3. The summed E-state index contributed by atoms with van der Waals surface area (Å²) < 4.78 is 13.8. The monoisotopic (exact) mass is 529 g/mol. The highest BCUT2D eigenvalue weighted by molar-refractivity contribution is 6.30. The number of hydrogen-bond acceptors (Lipinski definition) is 6. The van der Waals surface area contributed by atoms with Crippen LogP contribution in [-0.4, -0.2) is 27.3 Å². The summed E-state index contributed by atoms with van der Waals surface area (Å²) in [5.74, 6) is 1.56. The Balaban J connectivity index is 1.44. The van der Waals surface area contributed by atoms with Crippen LogP contribution in [-0.2, 0) is 17.9 Å². The maximum Gasteiger partial charge on any atom is 0.251 e. The maximum absolute atomic E-state index is 13.5. The second-order valence-corrected chi connectivity index (χ2v) is 9.25. The Morgan fingerprint density at radius 1 is 1.03 bits per heavy atom. The van der Waals surface area contributed by atoms with E-state index in [0.29, 0.717) is 53.5 Å². The fraction of sp³-hybridized carbons (Fsp3) is 0.207. The van der Waals surface area contributed by atoms with Gasteiger partial charge in [-0.2, -0.15) is 10.1 Å². The Morgan fingerprint density at radius 3 is 2.58 bits per heavy atom. The number of halogens is 1. The van der Waals surface area contributed by atoms with Crippen LogP contribution in [0.3, 0.4) is 0 Å². The third-order valence-corrected chi connectivity index (χ3v) is 6.48. The number of hydrogen-bond donors (Lipinski definition) is 2. The van der Waals surface area contributed by atoms with Crippen LogP contribution >= 0.6 is 11.6 Å². The maximum atomic E-state index is 13.5. The van der Waals surface area contributed by atoms with Gasteiger partial charge in [0.2, 0.25) is 5.95 Å². The Hall–Kier alpha value is -4.30. The van der Waals surface area contributed by atoms with Gasteiger partial charge in [0, 0.05) is 17.3 Å². The molecular weight excluding hydrogens is 502 g/mol. The number of rotatable bonds is 9. The van der Waals surface area contributed by atoms with Gasteiger partial charge >= 0.3 is 0 Å². The number of ether oxygens (including phenoxy) is 2. The number of nitrogens with one attached hydrogen (secondary N) is 2. The van der Waals surface area contributed by atoms with E-state index >= 15 is 0 Å². The molecule has 0 unspecified atom stereocenters. The quantitative estimate of drug-likeness (QED) is 0.297. The van der Waals surface area contributed by atoms with E-state index < -0.39 is 6.04 Å². The lowest BCUT2D eigenvalue weighted by Gasteiger charge is -2.29. The molecule has 0 radical (unpaired) electrons. The van der Waals surface area contributed by atoms with Gasteiger partial charge in [0.1, 0.15) is 19.0 Å². The molecule has 0 fully saturated rings. The smallest absolute Gasteiger partial charge is 0.251 e. The van der Waals surface area contributed by atoms with Gasteiger partial charge in [0.05, 0.1) is 12.2 Å². The molecule has 194 valence electrons. The predicted octanol–water partition coefficient (Wildman–Crippen LogP) is 5.51. The topological polar surface area (TPSA) is 90.3 Å². The van der Waals surface area contributed by atoms with Crippen molar-refractivity contribution in [3.63, 3.8) is 0 Å². The first-order valence-electron chi connectivity index (χ1n) is 12.4. The normalized spacial score (nSPS) is 14.4. The summed E-state index contributed by atoms with van der Waals surface area (Å²) >= 11 is 6.00. The minimum absolute atomic E-state index is 0.189. The predicted molar refractivity (Wildman–Crippen MR) is 146 cm³/mol. The molecule has 9 heteroatoms. The Morgan fingerprint density at radius 2 is 1.82 bits per heavy atom. The zero-order chi connectivity index (χ0) is 26.5. The standard InChI is InChI=1S/C29H28ClN5O3/c1-3-37-25-15-22(11-14-24(25)38-17-21-9-12-23(30)13-10-21)27-26(19(2)34-29-32-18-33-35(27)29)28(36)31-16-20-7-5-4-6-8-20/h4-15,18,27H,3,16-17H2,1-2H3,(H,31,36)(H,32,33,34)/t27-/m1/s1. The van der Waals surface area contributed by atoms with Crippen molar-refractivity contribution in [2.24, 2.45) is 0 Å². The second-order valence-electron chi connectivity index (χ2n) is 8.82. The number of carbonyl (C=O) groups is 1. The molecule has 38 heavy (non-hydrogen) atoms. The van der Waals surface area contributed by atoms with Gasteiger partial charge in [-0.05, 0) is 54.8 Å². The molecule has 2 heterocycles. The van der Waals surface area contributed by atoms with Crippen molar-refractivity contribution in [3.8, 4) is 11.5 Å². The SMILES string of the molecule is CCOc1cc([C@@H]2C(C(=O)NCc3ccccc3)=C(C)Nc3ncnn32)ccc1OCc1ccc(Cl)cc1. The molecule has 1 aromatic heterocycles. The van der Waals surface area contributed by atoms with E-state index in [9.17, 15) is 4.79 Å². The van der Waals surface area contributed by atoms with Crippen LogP contribution in [0.25, 0.3) is 0 Å². The van der Waals surface area contributed by atoms with E-state index in [-0.39, 0.29) is 5.91 Å². The summed E-state index contributed by atoms with van der Waals surface area (Å²) in [5, 5.41) is 11.4. The van der Waals surface area contributed by atoms with Crippen molar-refractivity contribution in [2.45, 2.75) is 33.0 Å². The molecule has 5 rings (SSSR count). The third-order valence-electron chi connectivity index (χ3n) is 6.23. The minimum Gasteiger partial charge on any atom is -0.490 e. The van der Waals surface area contributed by atoms with Crippen LogP contribution in [0.4, 0.5) is 5.95 Å². The van der Waals surface area contributed by atoms with Gasteiger partial charge < -0.3 is 20.1 Å². The van der Waals surface area contributed by atoms with Crippen LogP contribution in [0.5, 0.6) is 11.5 Å². The average molecular weight is 530 g/mol. The van der Waals surface area contributed by atoms with Gasteiger partial charge in [0.15, 0.2) is 11.5 Å². The fourth-order valence-electron chi connectivity index (χ4n) is 4.39. The molecule has 1 aliphatic rings. The summed E-state index contributed by atoms with van der Waals surface area (Å²) in [6.45, 7) is 5.02. The number of nitrogens with zero attached hydrogens (tertiary/aromatic N) is 3.